The summed E-state index contributed by atoms with van der Waals surface area (Å²) in [5.74, 6) is 0.957. The lowest BCUT2D eigenvalue weighted by Gasteiger charge is -2.26. The lowest BCUT2D eigenvalue weighted by molar-refractivity contribution is -0.113. The second-order valence-electron chi connectivity index (χ2n) is 7.36. The molecular weight excluding hydrogens is 412 g/mol. The molecule has 31 heavy (non-hydrogen) atoms. The fraction of sp³-hybridized carbons (Fsp3) is 0.364. The predicted octanol–water partition coefficient (Wildman–Crippen LogP) is 2.71. The summed E-state index contributed by atoms with van der Waals surface area (Å²) in [6.07, 6.45) is 3.52. The quantitative estimate of drug-likeness (QED) is 0.541. The Kier molecular flexibility index (Phi) is 7.29. The molecular formula is C22H26N6O2S. The third kappa shape index (κ3) is 5.90. The van der Waals surface area contributed by atoms with E-state index < -0.39 is 0 Å². The predicted molar refractivity (Wildman–Crippen MR) is 121 cm³/mol. The van der Waals surface area contributed by atoms with E-state index in [0.717, 1.165) is 67.2 Å². The van der Waals surface area contributed by atoms with Crippen molar-refractivity contribution in [2.45, 2.75) is 18.6 Å². The van der Waals surface area contributed by atoms with Crippen LogP contribution in [-0.4, -0.2) is 69.2 Å². The molecule has 162 valence electrons. The molecule has 1 fully saturated rings. The van der Waals surface area contributed by atoms with E-state index in [4.69, 9.17) is 4.74 Å². The minimum Gasteiger partial charge on any atom is -0.379 e. The Morgan fingerprint density at radius 3 is 2.68 bits per heavy atom. The molecule has 3 aromatic rings. The van der Waals surface area contributed by atoms with Crippen LogP contribution in [0.1, 0.15) is 5.56 Å². The van der Waals surface area contributed by atoms with Crippen LogP contribution in [-0.2, 0) is 16.1 Å². The van der Waals surface area contributed by atoms with Gasteiger partial charge in [-0.05, 0) is 31.2 Å². The topological polar surface area (TPSA) is 85.2 Å². The van der Waals surface area contributed by atoms with E-state index in [9.17, 15) is 4.79 Å². The molecule has 1 aliphatic heterocycles. The van der Waals surface area contributed by atoms with Crippen LogP contribution >= 0.6 is 11.8 Å². The minimum atomic E-state index is -0.0699. The van der Waals surface area contributed by atoms with Crippen LogP contribution in [0.3, 0.4) is 0 Å². The van der Waals surface area contributed by atoms with Gasteiger partial charge in [0.15, 0.2) is 11.0 Å². The molecule has 9 heteroatoms. The molecule has 3 heterocycles. The summed E-state index contributed by atoms with van der Waals surface area (Å²) >= 11 is 1.39. The van der Waals surface area contributed by atoms with Gasteiger partial charge in [0, 0.05) is 49.8 Å². The number of hydrogen-bond acceptors (Lipinski definition) is 7. The number of nitrogens with zero attached hydrogens (tertiary/aromatic N) is 5. The summed E-state index contributed by atoms with van der Waals surface area (Å²) in [5, 5.41) is 12.4. The zero-order valence-electron chi connectivity index (χ0n) is 17.5. The number of anilines is 1. The Morgan fingerprint density at radius 2 is 1.94 bits per heavy atom. The Balaban J connectivity index is 1.44. The van der Waals surface area contributed by atoms with Crippen molar-refractivity contribution in [3.63, 3.8) is 0 Å². The molecule has 0 spiro atoms. The van der Waals surface area contributed by atoms with Gasteiger partial charge in [0.1, 0.15) is 0 Å². The summed E-state index contributed by atoms with van der Waals surface area (Å²) in [7, 11) is 0. The number of ether oxygens (including phenoxy) is 1. The van der Waals surface area contributed by atoms with Crippen LogP contribution in [0.2, 0.25) is 0 Å². The molecule has 0 aliphatic carbocycles. The lowest BCUT2D eigenvalue weighted by Crippen LogP contribution is -2.38. The fourth-order valence-electron chi connectivity index (χ4n) is 3.34. The van der Waals surface area contributed by atoms with Gasteiger partial charge in [0.2, 0.25) is 5.91 Å². The van der Waals surface area contributed by atoms with E-state index in [0.29, 0.717) is 0 Å². The van der Waals surface area contributed by atoms with Gasteiger partial charge < -0.3 is 14.6 Å². The van der Waals surface area contributed by atoms with Gasteiger partial charge >= 0.3 is 0 Å². The number of carbonyl (C=O) groups is 1. The summed E-state index contributed by atoms with van der Waals surface area (Å²) < 4.78 is 7.52. The number of aryl methyl sites for hydroxylation is 1. The van der Waals surface area contributed by atoms with Crippen molar-refractivity contribution in [1.29, 1.82) is 0 Å². The molecule has 0 bridgehead atoms. The van der Waals surface area contributed by atoms with Gasteiger partial charge in [0.05, 0.1) is 19.0 Å². The van der Waals surface area contributed by atoms with Crippen molar-refractivity contribution in [3.05, 3.63) is 54.4 Å². The highest BCUT2D eigenvalue weighted by Crippen LogP contribution is 2.24. The van der Waals surface area contributed by atoms with Gasteiger partial charge in [0.25, 0.3) is 0 Å². The van der Waals surface area contributed by atoms with Crippen LogP contribution in [0.5, 0.6) is 0 Å². The monoisotopic (exact) mass is 438 g/mol. The maximum atomic E-state index is 12.4. The number of morpholine rings is 1. The SMILES string of the molecule is Cc1ccc(NC(=O)CSc2nnc(-c3cccnc3)n2CCN2CCOCC2)cc1. The van der Waals surface area contributed by atoms with Gasteiger partial charge in [-0.2, -0.15) is 0 Å². The van der Waals surface area contributed by atoms with Crippen LogP contribution in [0, 0.1) is 6.92 Å². The Morgan fingerprint density at radius 1 is 1.13 bits per heavy atom. The third-order valence-corrected chi connectivity index (χ3v) is 6.01. The lowest BCUT2D eigenvalue weighted by atomic mass is 10.2. The average molecular weight is 439 g/mol. The first kappa shape index (κ1) is 21.5. The van der Waals surface area contributed by atoms with Crippen molar-refractivity contribution < 1.29 is 9.53 Å². The maximum absolute atomic E-state index is 12.4. The molecule has 1 aromatic carbocycles. The number of pyridine rings is 1. The number of thioether (sulfide) groups is 1. The molecule has 0 saturated carbocycles. The van der Waals surface area contributed by atoms with Gasteiger partial charge in [-0.15, -0.1) is 10.2 Å². The zero-order chi connectivity index (χ0) is 21.5. The number of carbonyl (C=O) groups excluding carboxylic acids is 1. The van der Waals surface area contributed by atoms with E-state index in [1.165, 1.54) is 11.8 Å². The van der Waals surface area contributed by atoms with Crippen LogP contribution in [0.15, 0.2) is 53.9 Å². The van der Waals surface area contributed by atoms with Crippen molar-refractivity contribution in [2.24, 2.45) is 0 Å². The fourth-order valence-corrected chi connectivity index (χ4v) is 4.10. The molecule has 0 radical (unpaired) electrons. The van der Waals surface area contributed by atoms with Gasteiger partial charge in [-0.3, -0.25) is 14.7 Å². The van der Waals surface area contributed by atoms with Crippen molar-refractivity contribution in [2.75, 3.05) is 43.9 Å². The molecule has 2 aromatic heterocycles. The molecule has 4 rings (SSSR count). The van der Waals surface area contributed by atoms with Gasteiger partial charge in [-0.25, -0.2) is 0 Å². The summed E-state index contributed by atoms with van der Waals surface area (Å²) in [5.41, 5.74) is 2.86. The highest BCUT2D eigenvalue weighted by molar-refractivity contribution is 7.99. The minimum absolute atomic E-state index is 0.0699. The summed E-state index contributed by atoms with van der Waals surface area (Å²) in [6.45, 7) is 7.00. The number of aromatic nitrogens is 4. The highest BCUT2D eigenvalue weighted by Gasteiger charge is 2.18. The summed E-state index contributed by atoms with van der Waals surface area (Å²) in [4.78, 5) is 19.0. The van der Waals surface area contributed by atoms with Crippen LogP contribution < -0.4 is 5.32 Å². The number of benzene rings is 1. The van der Waals surface area contributed by atoms with Gasteiger partial charge in [-0.1, -0.05) is 29.5 Å². The molecule has 0 atom stereocenters. The second-order valence-corrected chi connectivity index (χ2v) is 8.30. The molecule has 8 nitrogen and oxygen atoms in total. The van der Waals surface area contributed by atoms with E-state index in [1.807, 2.05) is 43.3 Å². The average Bonchev–Trinajstić information content (AvgIpc) is 3.22. The van der Waals surface area contributed by atoms with E-state index in [-0.39, 0.29) is 11.7 Å². The van der Waals surface area contributed by atoms with Crippen molar-refractivity contribution in [1.82, 2.24) is 24.6 Å². The van der Waals surface area contributed by atoms with Crippen LogP contribution in [0.4, 0.5) is 5.69 Å². The molecule has 1 amide bonds. The van der Waals surface area contributed by atoms with E-state index in [2.05, 4.69) is 30.0 Å². The molecule has 1 N–H and O–H groups in total. The number of nitrogens with one attached hydrogen (secondary N) is 1. The maximum Gasteiger partial charge on any atom is 0.234 e. The Labute approximate surface area is 186 Å². The second kappa shape index (κ2) is 10.5. The first-order chi connectivity index (χ1) is 15.2. The standard InChI is InChI=1S/C22H26N6O2S/c1-17-4-6-19(7-5-17)24-20(29)16-31-22-26-25-21(18-3-2-8-23-15-18)28(22)10-9-27-11-13-30-14-12-27/h2-8,15H,9-14,16H2,1H3,(H,24,29). The smallest absolute Gasteiger partial charge is 0.234 e. The highest BCUT2D eigenvalue weighted by atomic mass is 32.2. The van der Waals surface area contributed by atoms with Crippen molar-refractivity contribution in [3.8, 4) is 11.4 Å². The third-order valence-electron chi connectivity index (χ3n) is 5.05. The van der Waals surface area contributed by atoms with Crippen LogP contribution in [0.25, 0.3) is 11.4 Å². The first-order valence-corrected chi connectivity index (χ1v) is 11.3. The summed E-state index contributed by atoms with van der Waals surface area (Å²) in [6, 6.07) is 11.6. The first-order valence-electron chi connectivity index (χ1n) is 10.3. The number of hydrogen-bond donors (Lipinski definition) is 1. The van der Waals surface area contributed by atoms with E-state index in [1.54, 1.807) is 12.4 Å². The largest absolute Gasteiger partial charge is 0.379 e. The van der Waals surface area contributed by atoms with Crippen molar-refractivity contribution >= 4 is 23.4 Å². The number of amides is 1. The van der Waals surface area contributed by atoms with E-state index >= 15 is 0 Å². The normalized spacial score (nSPS) is 14.5. The Hall–Kier alpha value is -2.75. The molecule has 0 unspecified atom stereocenters. The molecule has 1 saturated heterocycles. The zero-order valence-corrected chi connectivity index (χ0v) is 18.3. The number of rotatable bonds is 8. The molecule has 1 aliphatic rings. The Bertz CT molecular complexity index is 987.